The van der Waals surface area contributed by atoms with Gasteiger partial charge in [0.2, 0.25) is 0 Å². The number of hydrogen-bond donors (Lipinski definition) is 1. The summed E-state index contributed by atoms with van der Waals surface area (Å²) >= 11 is 1.55. The molecule has 0 radical (unpaired) electrons. The lowest BCUT2D eigenvalue weighted by atomic mass is 10.1. The molecule has 1 N–H and O–H groups in total. The largest absolute Gasteiger partial charge is 0.392 e. The molecule has 0 aliphatic rings. The molecule has 0 fully saturated rings. The molecular weight excluding hydrogens is 225 g/mol. The van der Waals surface area contributed by atoms with Crippen LogP contribution in [0.5, 0.6) is 0 Å². The molecule has 0 saturated heterocycles. The zero-order valence-corrected chi connectivity index (χ0v) is 10.1. The fourth-order valence-electron chi connectivity index (χ4n) is 1.14. The number of nitrogens with zero attached hydrogens (tertiary/aromatic N) is 1. The first-order chi connectivity index (χ1) is 7.54. The first-order valence-electron chi connectivity index (χ1n) is 5.02. The minimum atomic E-state index is -0.395. The van der Waals surface area contributed by atoms with Crippen LogP contribution >= 0.6 is 11.8 Å². The van der Waals surface area contributed by atoms with Crippen LogP contribution in [0.3, 0.4) is 0 Å². The minimum Gasteiger partial charge on any atom is -0.392 e. The van der Waals surface area contributed by atoms with Crippen LogP contribution < -0.4 is 0 Å². The summed E-state index contributed by atoms with van der Waals surface area (Å²) in [6.07, 6.45) is -0.393. The lowest BCUT2D eigenvalue weighted by Crippen LogP contribution is -2.15. The number of aliphatic hydroxyl groups excluding tert-OH is 1. The van der Waals surface area contributed by atoms with Crippen LogP contribution in [-0.4, -0.2) is 16.5 Å². The number of nitriles is 1. The van der Waals surface area contributed by atoms with Crippen molar-refractivity contribution in [1.82, 2.24) is 0 Å². The van der Waals surface area contributed by atoms with Crippen LogP contribution in [-0.2, 0) is 5.75 Å². The molecule has 1 rings (SSSR count). The number of benzene rings is 1. The Hall–Kier alpha value is -1.05. The second-order valence-electron chi connectivity index (χ2n) is 3.67. The predicted molar refractivity (Wildman–Crippen MR) is 63.6 cm³/mol. The standard InChI is InChI=1S/C12H14FNOS/c1-8(15)9(2)16-7-10-3-4-12(13)5-11(10)6-14/h3-5,8-9,15H,7H2,1-2H3. The number of halogens is 1. The van der Waals surface area contributed by atoms with Gasteiger partial charge in [0.1, 0.15) is 5.82 Å². The third-order valence-electron chi connectivity index (χ3n) is 2.37. The van der Waals surface area contributed by atoms with Crippen LogP contribution in [0, 0.1) is 17.1 Å². The molecule has 1 aromatic rings. The van der Waals surface area contributed by atoms with Gasteiger partial charge < -0.3 is 5.11 Å². The molecule has 0 bridgehead atoms. The predicted octanol–water partition coefficient (Wildman–Crippen LogP) is 2.70. The van der Waals surface area contributed by atoms with E-state index in [1.54, 1.807) is 24.8 Å². The van der Waals surface area contributed by atoms with E-state index in [0.717, 1.165) is 5.56 Å². The molecule has 4 heteroatoms. The Morgan fingerprint density at radius 2 is 2.19 bits per heavy atom. The highest BCUT2D eigenvalue weighted by Crippen LogP contribution is 2.22. The molecular formula is C12H14FNOS. The Morgan fingerprint density at radius 3 is 2.75 bits per heavy atom. The molecule has 0 saturated carbocycles. The summed E-state index contributed by atoms with van der Waals surface area (Å²) in [6.45, 7) is 3.65. The zero-order chi connectivity index (χ0) is 12.1. The van der Waals surface area contributed by atoms with Crippen molar-refractivity contribution >= 4 is 11.8 Å². The van der Waals surface area contributed by atoms with Gasteiger partial charge in [-0.15, -0.1) is 0 Å². The van der Waals surface area contributed by atoms with E-state index >= 15 is 0 Å². The maximum atomic E-state index is 12.9. The maximum Gasteiger partial charge on any atom is 0.124 e. The van der Waals surface area contributed by atoms with Gasteiger partial charge in [0, 0.05) is 11.0 Å². The lowest BCUT2D eigenvalue weighted by molar-refractivity contribution is 0.196. The summed E-state index contributed by atoms with van der Waals surface area (Å²) in [5, 5.41) is 18.3. The summed E-state index contributed by atoms with van der Waals surface area (Å²) in [4.78, 5) is 0. The lowest BCUT2D eigenvalue weighted by Gasteiger charge is -2.14. The van der Waals surface area contributed by atoms with Crippen LogP contribution in [0.1, 0.15) is 25.0 Å². The smallest absolute Gasteiger partial charge is 0.124 e. The summed E-state index contributed by atoms with van der Waals surface area (Å²) in [5.41, 5.74) is 1.17. The Kier molecular flexibility index (Phi) is 4.78. The van der Waals surface area contributed by atoms with E-state index in [1.807, 2.05) is 13.0 Å². The molecule has 0 aliphatic carbocycles. The molecule has 0 amide bonds. The first-order valence-corrected chi connectivity index (χ1v) is 6.07. The third kappa shape index (κ3) is 3.51. The summed E-state index contributed by atoms with van der Waals surface area (Å²) in [7, 11) is 0. The van der Waals surface area contributed by atoms with Crippen molar-refractivity contribution in [1.29, 1.82) is 5.26 Å². The monoisotopic (exact) mass is 239 g/mol. The van der Waals surface area contributed by atoms with E-state index in [4.69, 9.17) is 5.26 Å². The molecule has 86 valence electrons. The van der Waals surface area contributed by atoms with Crippen molar-refractivity contribution in [3.8, 4) is 6.07 Å². The van der Waals surface area contributed by atoms with Gasteiger partial charge in [-0.3, -0.25) is 0 Å². The number of hydrogen-bond acceptors (Lipinski definition) is 3. The van der Waals surface area contributed by atoms with Crippen molar-refractivity contribution in [2.45, 2.75) is 31.0 Å². The van der Waals surface area contributed by atoms with Crippen LogP contribution in [0.15, 0.2) is 18.2 Å². The number of aliphatic hydroxyl groups is 1. The van der Waals surface area contributed by atoms with Gasteiger partial charge in [-0.25, -0.2) is 4.39 Å². The van der Waals surface area contributed by atoms with Crippen molar-refractivity contribution in [2.24, 2.45) is 0 Å². The molecule has 2 nitrogen and oxygen atoms in total. The van der Waals surface area contributed by atoms with Gasteiger partial charge in [-0.2, -0.15) is 17.0 Å². The van der Waals surface area contributed by atoms with Crippen molar-refractivity contribution in [3.05, 3.63) is 35.1 Å². The van der Waals surface area contributed by atoms with E-state index in [-0.39, 0.29) is 5.25 Å². The van der Waals surface area contributed by atoms with Crippen LogP contribution in [0.2, 0.25) is 0 Å². The fraction of sp³-hybridized carbons (Fsp3) is 0.417. The minimum absolute atomic E-state index is 0.0941. The van der Waals surface area contributed by atoms with Crippen molar-refractivity contribution in [2.75, 3.05) is 0 Å². The molecule has 0 heterocycles. The van der Waals surface area contributed by atoms with Gasteiger partial charge in [-0.05, 0) is 24.6 Å². The Balaban J connectivity index is 2.71. The number of rotatable bonds is 4. The van der Waals surface area contributed by atoms with E-state index in [0.29, 0.717) is 11.3 Å². The van der Waals surface area contributed by atoms with Gasteiger partial charge in [0.15, 0.2) is 0 Å². The first kappa shape index (κ1) is 13.0. The highest BCUT2D eigenvalue weighted by atomic mass is 32.2. The van der Waals surface area contributed by atoms with E-state index < -0.39 is 11.9 Å². The molecule has 2 atom stereocenters. The molecule has 1 aromatic carbocycles. The Bertz CT molecular complexity index is 400. The average Bonchev–Trinajstić information content (AvgIpc) is 2.26. The van der Waals surface area contributed by atoms with Crippen LogP contribution in [0.25, 0.3) is 0 Å². The van der Waals surface area contributed by atoms with Crippen molar-refractivity contribution in [3.63, 3.8) is 0 Å². The van der Waals surface area contributed by atoms with E-state index in [2.05, 4.69) is 0 Å². The van der Waals surface area contributed by atoms with Gasteiger partial charge in [0.25, 0.3) is 0 Å². The molecule has 0 spiro atoms. The zero-order valence-electron chi connectivity index (χ0n) is 9.27. The Labute approximate surface area is 99.1 Å². The van der Waals surface area contributed by atoms with E-state index in [1.165, 1.54) is 12.1 Å². The molecule has 2 unspecified atom stereocenters. The normalized spacial score (nSPS) is 14.2. The van der Waals surface area contributed by atoms with Gasteiger partial charge in [-0.1, -0.05) is 13.0 Å². The maximum absolute atomic E-state index is 12.9. The molecule has 0 aliphatic heterocycles. The quantitative estimate of drug-likeness (QED) is 0.878. The second-order valence-corrected chi connectivity index (χ2v) is 5.04. The third-order valence-corrected chi connectivity index (χ3v) is 3.77. The van der Waals surface area contributed by atoms with Gasteiger partial charge >= 0.3 is 0 Å². The highest BCUT2D eigenvalue weighted by Gasteiger charge is 2.11. The van der Waals surface area contributed by atoms with Gasteiger partial charge in [0.05, 0.1) is 17.7 Å². The SMILES string of the molecule is CC(O)C(C)SCc1ccc(F)cc1C#N. The van der Waals surface area contributed by atoms with E-state index in [9.17, 15) is 9.50 Å². The van der Waals surface area contributed by atoms with Crippen LogP contribution in [0.4, 0.5) is 4.39 Å². The Morgan fingerprint density at radius 1 is 1.50 bits per heavy atom. The average molecular weight is 239 g/mol. The summed E-state index contributed by atoms with van der Waals surface area (Å²) < 4.78 is 12.9. The topological polar surface area (TPSA) is 44.0 Å². The summed E-state index contributed by atoms with van der Waals surface area (Å²) in [6, 6.07) is 6.18. The second kappa shape index (κ2) is 5.88. The highest BCUT2D eigenvalue weighted by molar-refractivity contribution is 7.99. The van der Waals surface area contributed by atoms with Crippen molar-refractivity contribution < 1.29 is 9.50 Å². The fourth-order valence-corrected chi connectivity index (χ4v) is 2.11. The molecule has 16 heavy (non-hydrogen) atoms. The molecule has 0 aromatic heterocycles. The summed E-state index contributed by atoms with van der Waals surface area (Å²) in [5.74, 6) is 0.212. The number of thioether (sulfide) groups is 1.